The van der Waals surface area contributed by atoms with Gasteiger partial charge in [0.05, 0.1) is 6.61 Å². The van der Waals surface area contributed by atoms with Crippen molar-refractivity contribution in [3.8, 4) is 5.75 Å². The van der Waals surface area contributed by atoms with Crippen molar-refractivity contribution in [1.82, 2.24) is 0 Å². The largest absolute Gasteiger partial charge is 0.493 e. The Kier molecular flexibility index (Phi) is 7.23. The Morgan fingerprint density at radius 2 is 1.92 bits per heavy atom. The number of aliphatic hydroxyl groups excluding tert-OH is 1. The molecular formula is C21H25NO3. The van der Waals surface area contributed by atoms with Crippen LogP contribution >= 0.6 is 0 Å². The number of carbonyl (C=O) groups is 1. The Labute approximate surface area is 148 Å². The molecule has 0 saturated carbocycles. The monoisotopic (exact) mass is 339 g/mol. The molecule has 0 atom stereocenters. The fraction of sp³-hybridized carbons (Fsp3) is 0.286. The molecule has 2 aromatic carbocycles. The first kappa shape index (κ1) is 18.7. The summed E-state index contributed by atoms with van der Waals surface area (Å²) in [6, 6.07) is 16.0. The first-order chi connectivity index (χ1) is 12.1. The minimum absolute atomic E-state index is 0.129. The molecule has 0 aliphatic carbocycles. The third-order valence-corrected chi connectivity index (χ3v) is 3.97. The lowest BCUT2D eigenvalue weighted by atomic mass is 10.0. The van der Waals surface area contributed by atoms with E-state index >= 15 is 0 Å². The normalized spacial score (nSPS) is 11.4. The van der Waals surface area contributed by atoms with Crippen molar-refractivity contribution in [3.63, 3.8) is 0 Å². The van der Waals surface area contributed by atoms with Crippen LogP contribution in [0.2, 0.25) is 0 Å². The highest BCUT2D eigenvalue weighted by atomic mass is 16.5. The Morgan fingerprint density at radius 3 is 2.60 bits per heavy atom. The summed E-state index contributed by atoms with van der Waals surface area (Å²) in [5.41, 5.74) is 9.23. The number of amides is 1. The van der Waals surface area contributed by atoms with Gasteiger partial charge in [-0.3, -0.25) is 4.79 Å². The van der Waals surface area contributed by atoms with E-state index in [4.69, 9.17) is 15.6 Å². The molecule has 1 amide bonds. The van der Waals surface area contributed by atoms with Crippen molar-refractivity contribution in [2.24, 2.45) is 5.73 Å². The van der Waals surface area contributed by atoms with Crippen LogP contribution in [-0.2, 0) is 17.6 Å². The van der Waals surface area contributed by atoms with Crippen LogP contribution in [0.5, 0.6) is 5.75 Å². The molecule has 0 aliphatic heterocycles. The van der Waals surface area contributed by atoms with E-state index in [1.54, 1.807) is 0 Å². The lowest BCUT2D eigenvalue weighted by molar-refractivity contribution is -0.113. The van der Waals surface area contributed by atoms with Crippen LogP contribution in [-0.4, -0.2) is 24.2 Å². The van der Waals surface area contributed by atoms with E-state index in [1.807, 2.05) is 43.3 Å². The van der Waals surface area contributed by atoms with Crippen LogP contribution in [0.15, 0.2) is 54.6 Å². The van der Waals surface area contributed by atoms with E-state index < -0.39 is 5.91 Å². The molecule has 0 heterocycles. The summed E-state index contributed by atoms with van der Waals surface area (Å²) in [5.74, 6) is 0.359. The molecular weight excluding hydrogens is 314 g/mol. The summed E-state index contributed by atoms with van der Waals surface area (Å²) in [5, 5.41) is 9.13. The third-order valence-electron chi connectivity index (χ3n) is 3.97. The number of allylic oxidation sites excluding steroid dienone is 1. The van der Waals surface area contributed by atoms with Gasteiger partial charge < -0.3 is 15.6 Å². The van der Waals surface area contributed by atoms with Gasteiger partial charge in [0.25, 0.3) is 0 Å². The Bertz CT molecular complexity index is 723. The molecule has 4 nitrogen and oxygen atoms in total. The summed E-state index contributed by atoms with van der Waals surface area (Å²) in [6.45, 7) is 2.57. The molecule has 2 aromatic rings. The molecule has 0 saturated heterocycles. The molecule has 0 aromatic heterocycles. The van der Waals surface area contributed by atoms with Crippen LogP contribution in [0, 0.1) is 0 Å². The molecule has 0 unspecified atom stereocenters. The molecule has 2 rings (SSSR count). The molecule has 0 bridgehead atoms. The van der Waals surface area contributed by atoms with E-state index in [1.165, 1.54) is 11.6 Å². The highest BCUT2D eigenvalue weighted by molar-refractivity contribution is 5.93. The lowest BCUT2D eigenvalue weighted by Crippen LogP contribution is -2.07. The third kappa shape index (κ3) is 6.08. The average Bonchev–Trinajstić information content (AvgIpc) is 2.61. The van der Waals surface area contributed by atoms with Gasteiger partial charge in [0.1, 0.15) is 5.75 Å². The van der Waals surface area contributed by atoms with Gasteiger partial charge in [0.15, 0.2) is 0 Å². The van der Waals surface area contributed by atoms with Gasteiger partial charge in [-0.05, 0) is 54.2 Å². The van der Waals surface area contributed by atoms with Crippen molar-refractivity contribution < 1.29 is 14.6 Å². The molecule has 0 aliphatic rings. The predicted molar refractivity (Wildman–Crippen MR) is 100 cm³/mol. The highest BCUT2D eigenvalue weighted by Crippen LogP contribution is 2.25. The number of rotatable bonds is 9. The number of hydrogen-bond acceptors (Lipinski definition) is 3. The molecule has 132 valence electrons. The smallest absolute Gasteiger partial charge is 0.241 e. The van der Waals surface area contributed by atoms with Crippen molar-refractivity contribution in [2.45, 2.75) is 26.2 Å². The second-order valence-electron chi connectivity index (χ2n) is 5.96. The van der Waals surface area contributed by atoms with E-state index in [-0.39, 0.29) is 6.61 Å². The first-order valence-corrected chi connectivity index (χ1v) is 8.49. The summed E-state index contributed by atoms with van der Waals surface area (Å²) < 4.78 is 5.96. The van der Waals surface area contributed by atoms with E-state index in [2.05, 4.69) is 12.1 Å². The number of primary amides is 1. The zero-order valence-corrected chi connectivity index (χ0v) is 14.6. The molecule has 25 heavy (non-hydrogen) atoms. The van der Waals surface area contributed by atoms with Gasteiger partial charge >= 0.3 is 0 Å². The maximum atomic E-state index is 11.1. The van der Waals surface area contributed by atoms with Crippen LogP contribution in [0.3, 0.4) is 0 Å². The van der Waals surface area contributed by atoms with E-state index in [0.29, 0.717) is 13.0 Å². The maximum absolute atomic E-state index is 11.1. The first-order valence-electron chi connectivity index (χ1n) is 8.49. The molecule has 4 heteroatoms. The average molecular weight is 339 g/mol. The van der Waals surface area contributed by atoms with Gasteiger partial charge in [-0.1, -0.05) is 36.4 Å². The summed E-state index contributed by atoms with van der Waals surface area (Å²) in [6.07, 6.45) is 3.63. The number of benzene rings is 2. The number of aliphatic hydroxyl groups is 1. The number of aryl methyl sites for hydroxylation is 1. The molecule has 0 spiro atoms. The van der Waals surface area contributed by atoms with Crippen molar-refractivity contribution in [2.75, 3.05) is 13.2 Å². The minimum Gasteiger partial charge on any atom is -0.493 e. The number of carbonyl (C=O) groups excluding carboxylic acids is 1. The quantitative estimate of drug-likeness (QED) is 0.690. The van der Waals surface area contributed by atoms with Gasteiger partial charge in [-0.2, -0.15) is 0 Å². The number of hydrogen-bond donors (Lipinski definition) is 2. The van der Waals surface area contributed by atoms with E-state index in [9.17, 15) is 4.79 Å². The lowest BCUT2D eigenvalue weighted by Gasteiger charge is -2.13. The molecule has 0 fully saturated rings. The Hall–Kier alpha value is -2.59. The SMILES string of the molecule is C/C(=C/C(N)=O)c1ccc(OCCc2ccccc2)c(CCCO)c1. The van der Waals surface area contributed by atoms with E-state index in [0.717, 1.165) is 35.3 Å². The zero-order valence-electron chi connectivity index (χ0n) is 14.6. The minimum atomic E-state index is -0.461. The molecule has 0 radical (unpaired) electrons. The fourth-order valence-electron chi connectivity index (χ4n) is 2.65. The Morgan fingerprint density at radius 1 is 1.16 bits per heavy atom. The van der Waals surface area contributed by atoms with Crippen molar-refractivity contribution in [1.29, 1.82) is 0 Å². The van der Waals surface area contributed by atoms with Gasteiger partial charge in [0, 0.05) is 19.1 Å². The standard InChI is InChI=1S/C21H25NO3/c1-16(14-21(22)24)18-9-10-20(19(15-18)8-5-12-23)25-13-11-17-6-3-2-4-7-17/h2-4,6-7,9-10,14-15,23H,5,8,11-13H2,1H3,(H2,22,24)/b16-14-. The van der Waals surface area contributed by atoms with Crippen molar-refractivity contribution in [3.05, 3.63) is 71.3 Å². The van der Waals surface area contributed by atoms with Crippen LogP contribution in [0.4, 0.5) is 0 Å². The van der Waals surface area contributed by atoms with Crippen LogP contribution in [0.1, 0.15) is 30.0 Å². The maximum Gasteiger partial charge on any atom is 0.241 e. The highest BCUT2D eigenvalue weighted by Gasteiger charge is 2.07. The topological polar surface area (TPSA) is 72.6 Å². The second-order valence-corrected chi connectivity index (χ2v) is 5.96. The second kappa shape index (κ2) is 9.64. The zero-order chi connectivity index (χ0) is 18.1. The predicted octanol–water partition coefficient (Wildman–Crippen LogP) is 3.12. The summed E-state index contributed by atoms with van der Waals surface area (Å²) in [7, 11) is 0. The summed E-state index contributed by atoms with van der Waals surface area (Å²) >= 11 is 0. The Balaban J connectivity index is 2.11. The van der Waals surface area contributed by atoms with Gasteiger partial charge in [-0.25, -0.2) is 0 Å². The number of nitrogens with two attached hydrogens (primary N) is 1. The van der Waals surface area contributed by atoms with Crippen molar-refractivity contribution >= 4 is 11.5 Å². The van der Waals surface area contributed by atoms with Crippen LogP contribution in [0.25, 0.3) is 5.57 Å². The molecule has 3 N–H and O–H groups in total. The summed E-state index contributed by atoms with van der Waals surface area (Å²) in [4.78, 5) is 11.1. The van der Waals surface area contributed by atoms with Crippen LogP contribution < -0.4 is 10.5 Å². The fourth-order valence-corrected chi connectivity index (χ4v) is 2.65. The number of ether oxygens (including phenoxy) is 1. The van der Waals surface area contributed by atoms with Gasteiger partial charge in [0.2, 0.25) is 5.91 Å². The van der Waals surface area contributed by atoms with Gasteiger partial charge in [-0.15, -0.1) is 0 Å².